The maximum atomic E-state index is 3.52. The van der Waals surface area contributed by atoms with Gasteiger partial charge in [-0.25, -0.2) is 0 Å². The predicted molar refractivity (Wildman–Crippen MR) is 64.1 cm³/mol. The van der Waals surface area contributed by atoms with Crippen molar-refractivity contribution in [3.8, 4) is 0 Å². The van der Waals surface area contributed by atoms with E-state index in [1.807, 2.05) is 0 Å². The Labute approximate surface area is 92.3 Å². The molecule has 0 bridgehead atoms. The molecule has 2 nitrogen and oxygen atoms in total. The van der Waals surface area contributed by atoms with E-state index in [-0.39, 0.29) is 5.54 Å². The molecule has 0 aliphatic carbocycles. The first kappa shape index (κ1) is 10.7. The van der Waals surface area contributed by atoms with Crippen molar-refractivity contribution in [2.24, 2.45) is 0 Å². The van der Waals surface area contributed by atoms with Crippen LogP contribution in [0.4, 0.5) is 0 Å². The third-order valence-corrected chi connectivity index (χ3v) is 3.62. The van der Waals surface area contributed by atoms with Crippen LogP contribution in [0.3, 0.4) is 0 Å². The van der Waals surface area contributed by atoms with Gasteiger partial charge >= 0.3 is 0 Å². The van der Waals surface area contributed by atoms with Crippen LogP contribution in [0.2, 0.25) is 0 Å². The number of hydrogen-bond acceptors (Lipinski definition) is 2. The second-order valence-corrected chi connectivity index (χ2v) is 4.75. The molecule has 1 atom stereocenters. The minimum atomic E-state index is 0.118. The summed E-state index contributed by atoms with van der Waals surface area (Å²) < 4.78 is 0. The first-order chi connectivity index (χ1) is 7.14. The minimum Gasteiger partial charge on any atom is -0.314 e. The molecule has 0 aromatic heterocycles. The predicted octanol–water partition coefficient (Wildman–Crippen LogP) is 1.61. The molecular formula is C13H20N2. The Kier molecular flexibility index (Phi) is 2.81. The lowest BCUT2D eigenvalue weighted by atomic mass is 9.87. The number of likely N-dealkylation sites (N-methyl/N-ethyl adjacent to an activating group) is 1. The fraction of sp³-hybridized carbons (Fsp3) is 0.538. The molecule has 82 valence electrons. The molecule has 0 amide bonds. The van der Waals surface area contributed by atoms with Gasteiger partial charge in [0.2, 0.25) is 0 Å². The Morgan fingerprint density at radius 2 is 2.00 bits per heavy atom. The maximum absolute atomic E-state index is 3.52. The van der Waals surface area contributed by atoms with Crippen molar-refractivity contribution < 1.29 is 0 Å². The highest BCUT2D eigenvalue weighted by molar-refractivity contribution is 5.35. The molecular weight excluding hydrogens is 184 g/mol. The van der Waals surface area contributed by atoms with E-state index in [0.29, 0.717) is 0 Å². The van der Waals surface area contributed by atoms with Gasteiger partial charge in [0.25, 0.3) is 0 Å². The standard InChI is InChI=1S/C13H20N2/c1-13(15(2)3)10-14-9-8-11-6-4-5-7-12(11)13/h4-7,14H,8-10H2,1-3H3. The average molecular weight is 204 g/mol. The maximum Gasteiger partial charge on any atom is 0.0555 e. The summed E-state index contributed by atoms with van der Waals surface area (Å²) in [6.07, 6.45) is 1.14. The summed E-state index contributed by atoms with van der Waals surface area (Å²) in [5.41, 5.74) is 3.08. The van der Waals surface area contributed by atoms with Gasteiger partial charge in [0, 0.05) is 6.54 Å². The van der Waals surface area contributed by atoms with Crippen molar-refractivity contribution in [1.82, 2.24) is 10.2 Å². The summed E-state index contributed by atoms with van der Waals surface area (Å²) >= 11 is 0. The summed E-state index contributed by atoms with van der Waals surface area (Å²) in [4.78, 5) is 2.31. The number of nitrogens with zero attached hydrogens (tertiary/aromatic N) is 1. The molecule has 0 radical (unpaired) electrons. The summed E-state index contributed by atoms with van der Waals surface area (Å²) in [5.74, 6) is 0. The van der Waals surface area contributed by atoms with Crippen LogP contribution in [0.25, 0.3) is 0 Å². The van der Waals surface area contributed by atoms with Crippen molar-refractivity contribution in [2.75, 3.05) is 27.2 Å². The van der Waals surface area contributed by atoms with E-state index < -0.39 is 0 Å². The zero-order valence-electron chi connectivity index (χ0n) is 9.88. The fourth-order valence-corrected chi connectivity index (χ4v) is 2.31. The van der Waals surface area contributed by atoms with Gasteiger partial charge < -0.3 is 5.32 Å². The number of hydrogen-bond donors (Lipinski definition) is 1. The van der Waals surface area contributed by atoms with Crippen molar-refractivity contribution >= 4 is 0 Å². The third kappa shape index (κ3) is 1.80. The molecule has 2 heteroatoms. The van der Waals surface area contributed by atoms with Gasteiger partial charge in [-0.05, 0) is 45.1 Å². The van der Waals surface area contributed by atoms with E-state index in [2.05, 4.69) is 55.5 Å². The van der Waals surface area contributed by atoms with E-state index in [0.717, 1.165) is 19.5 Å². The Balaban J connectivity index is 2.50. The Hall–Kier alpha value is -0.860. The van der Waals surface area contributed by atoms with Crippen LogP contribution in [0.15, 0.2) is 24.3 Å². The molecule has 1 heterocycles. The summed E-state index contributed by atoms with van der Waals surface area (Å²) in [6.45, 7) is 4.42. The molecule has 1 aliphatic rings. The smallest absolute Gasteiger partial charge is 0.0555 e. The molecule has 0 saturated heterocycles. The molecule has 1 N–H and O–H groups in total. The average Bonchev–Trinajstić information content (AvgIpc) is 2.40. The molecule has 1 aromatic rings. The lowest BCUT2D eigenvalue weighted by Crippen LogP contribution is -2.45. The van der Waals surface area contributed by atoms with Gasteiger partial charge in [-0.15, -0.1) is 0 Å². The van der Waals surface area contributed by atoms with E-state index in [9.17, 15) is 0 Å². The molecule has 0 fully saturated rings. The van der Waals surface area contributed by atoms with Gasteiger partial charge in [-0.3, -0.25) is 4.90 Å². The minimum absolute atomic E-state index is 0.118. The molecule has 15 heavy (non-hydrogen) atoms. The van der Waals surface area contributed by atoms with Gasteiger partial charge in [-0.2, -0.15) is 0 Å². The molecule has 1 aliphatic heterocycles. The normalized spacial score (nSPS) is 26.1. The lowest BCUT2D eigenvalue weighted by Gasteiger charge is -2.37. The second-order valence-electron chi connectivity index (χ2n) is 4.75. The molecule has 0 saturated carbocycles. The quantitative estimate of drug-likeness (QED) is 0.747. The van der Waals surface area contributed by atoms with Crippen LogP contribution < -0.4 is 5.32 Å². The third-order valence-electron chi connectivity index (χ3n) is 3.62. The van der Waals surface area contributed by atoms with Crippen LogP contribution in [0.1, 0.15) is 18.1 Å². The highest BCUT2D eigenvalue weighted by Gasteiger charge is 2.32. The van der Waals surface area contributed by atoms with Gasteiger partial charge in [-0.1, -0.05) is 24.3 Å². The summed E-state index contributed by atoms with van der Waals surface area (Å²) in [7, 11) is 4.31. The number of rotatable bonds is 1. The van der Waals surface area contributed by atoms with Gasteiger partial charge in [0.15, 0.2) is 0 Å². The monoisotopic (exact) mass is 204 g/mol. The highest BCUT2D eigenvalue weighted by atomic mass is 15.2. The van der Waals surface area contributed by atoms with Crippen LogP contribution in [-0.2, 0) is 12.0 Å². The summed E-state index contributed by atoms with van der Waals surface area (Å²) in [5, 5.41) is 3.52. The highest BCUT2D eigenvalue weighted by Crippen LogP contribution is 2.30. The number of benzene rings is 1. The zero-order valence-corrected chi connectivity index (χ0v) is 9.88. The lowest BCUT2D eigenvalue weighted by molar-refractivity contribution is 0.173. The van der Waals surface area contributed by atoms with Crippen LogP contribution in [0, 0.1) is 0 Å². The van der Waals surface area contributed by atoms with Crippen molar-refractivity contribution in [3.05, 3.63) is 35.4 Å². The summed E-state index contributed by atoms with van der Waals surface area (Å²) in [6, 6.07) is 8.80. The molecule has 0 spiro atoms. The van der Waals surface area contributed by atoms with Crippen LogP contribution >= 0.6 is 0 Å². The SMILES string of the molecule is CN(C)C1(C)CNCCc2ccccc21. The number of fused-ring (bicyclic) bond motifs is 1. The van der Waals surface area contributed by atoms with Crippen molar-refractivity contribution in [2.45, 2.75) is 18.9 Å². The largest absolute Gasteiger partial charge is 0.314 e. The first-order valence-electron chi connectivity index (χ1n) is 5.61. The Bertz CT molecular complexity index is 346. The second kappa shape index (κ2) is 3.95. The van der Waals surface area contributed by atoms with Crippen LogP contribution in [0.5, 0.6) is 0 Å². The molecule has 2 rings (SSSR count). The van der Waals surface area contributed by atoms with E-state index in [1.165, 1.54) is 11.1 Å². The molecule has 1 unspecified atom stereocenters. The van der Waals surface area contributed by atoms with E-state index in [1.54, 1.807) is 0 Å². The van der Waals surface area contributed by atoms with Crippen molar-refractivity contribution in [1.29, 1.82) is 0 Å². The number of nitrogens with one attached hydrogen (secondary N) is 1. The Morgan fingerprint density at radius 1 is 1.27 bits per heavy atom. The Morgan fingerprint density at radius 3 is 2.73 bits per heavy atom. The fourth-order valence-electron chi connectivity index (χ4n) is 2.31. The zero-order chi connectivity index (χ0) is 10.9. The topological polar surface area (TPSA) is 15.3 Å². The van der Waals surface area contributed by atoms with E-state index in [4.69, 9.17) is 0 Å². The van der Waals surface area contributed by atoms with E-state index >= 15 is 0 Å². The van der Waals surface area contributed by atoms with Crippen molar-refractivity contribution in [3.63, 3.8) is 0 Å². The van der Waals surface area contributed by atoms with Gasteiger partial charge in [0.05, 0.1) is 5.54 Å². The van der Waals surface area contributed by atoms with Gasteiger partial charge in [0.1, 0.15) is 0 Å². The first-order valence-corrected chi connectivity index (χ1v) is 5.61. The van der Waals surface area contributed by atoms with Crippen LogP contribution in [-0.4, -0.2) is 32.1 Å². The molecule has 1 aromatic carbocycles.